The van der Waals surface area contributed by atoms with Gasteiger partial charge in [-0.2, -0.15) is 9.97 Å². The second kappa shape index (κ2) is 10.8. The van der Waals surface area contributed by atoms with Gasteiger partial charge in [-0.25, -0.2) is 14.8 Å². The van der Waals surface area contributed by atoms with E-state index in [-0.39, 0.29) is 36.3 Å². The van der Waals surface area contributed by atoms with Crippen LogP contribution in [0.15, 0.2) is 30.5 Å². The number of hydrogen-bond acceptors (Lipinski definition) is 11. The molecular formula is C20H25N9O5. The minimum absolute atomic E-state index is 0. The van der Waals surface area contributed by atoms with E-state index in [2.05, 4.69) is 25.3 Å². The molecule has 34 heavy (non-hydrogen) atoms. The Bertz CT molecular complexity index is 1200. The van der Waals surface area contributed by atoms with Crippen molar-refractivity contribution in [2.75, 3.05) is 23.4 Å². The van der Waals surface area contributed by atoms with Gasteiger partial charge in [0.25, 0.3) is 5.91 Å². The number of rotatable bonds is 9. The van der Waals surface area contributed by atoms with Crippen LogP contribution in [0.4, 0.5) is 17.5 Å². The van der Waals surface area contributed by atoms with E-state index in [1.807, 2.05) is 11.9 Å². The number of fused-ring (bicyclic) bond motifs is 1. The molecule has 10 N–H and O–H groups in total. The van der Waals surface area contributed by atoms with Crippen LogP contribution in [0.3, 0.4) is 0 Å². The molecule has 14 nitrogen and oxygen atoms in total. The summed E-state index contributed by atoms with van der Waals surface area (Å²) in [4.78, 5) is 52.7. The number of hydrogen-bond donors (Lipinski definition) is 6. The normalized spacial score (nSPS) is 11.3. The van der Waals surface area contributed by atoms with Crippen molar-refractivity contribution in [1.82, 2.24) is 31.4 Å². The first-order valence-corrected chi connectivity index (χ1v) is 9.75. The summed E-state index contributed by atoms with van der Waals surface area (Å²) >= 11 is 0. The lowest BCUT2D eigenvalue weighted by Crippen LogP contribution is -2.41. The van der Waals surface area contributed by atoms with Gasteiger partial charge in [-0.05, 0) is 30.7 Å². The number of aromatic nitrogens is 4. The first kappa shape index (κ1) is 25.7. The number of nitrogens with two attached hydrogens (primary N) is 2. The quantitative estimate of drug-likeness (QED) is 0.248. The molecule has 0 saturated carbocycles. The molecule has 0 fully saturated rings. The molecule has 3 rings (SSSR count). The molecule has 0 spiro atoms. The molecule has 0 aliphatic heterocycles. The molecular weight excluding hydrogens is 446 g/mol. The van der Waals surface area contributed by atoms with Crippen molar-refractivity contribution >= 4 is 46.5 Å². The van der Waals surface area contributed by atoms with E-state index in [4.69, 9.17) is 16.6 Å². The van der Waals surface area contributed by atoms with E-state index in [0.29, 0.717) is 23.4 Å². The van der Waals surface area contributed by atoms with Gasteiger partial charge in [0.1, 0.15) is 6.04 Å². The van der Waals surface area contributed by atoms with Crippen LogP contribution < -0.4 is 27.8 Å². The van der Waals surface area contributed by atoms with Gasteiger partial charge < -0.3 is 38.0 Å². The van der Waals surface area contributed by atoms with Gasteiger partial charge in [0, 0.05) is 24.7 Å². The van der Waals surface area contributed by atoms with Crippen LogP contribution in [0.25, 0.3) is 11.2 Å². The van der Waals surface area contributed by atoms with E-state index < -0.39 is 23.9 Å². The molecule has 0 saturated heterocycles. The second-order valence-electron chi connectivity index (χ2n) is 7.20. The molecule has 2 aromatic heterocycles. The Morgan fingerprint density at radius 1 is 1.09 bits per heavy atom. The zero-order valence-electron chi connectivity index (χ0n) is 18.3. The second-order valence-corrected chi connectivity index (χ2v) is 7.20. The summed E-state index contributed by atoms with van der Waals surface area (Å²) in [5.74, 6) is -2.91. The van der Waals surface area contributed by atoms with Gasteiger partial charge in [-0.3, -0.25) is 9.59 Å². The minimum atomic E-state index is -1.30. The third-order valence-electron chi connectivity index (χ3n) is 4.72. The number of nitrogens with zero attached hydrogens (tertiary/aromatic N) is 5. The monoisotopic (exact) mass is 471 g/mol. The van der Waals surface area contributed by atoms with Crippen molar-refractivity contribution in [2.45, 2.75) is 25.4 Å². The molecule has 0 radical (unpaired) electrons. The van der Waals surface area contributed by atoms with Gasteiger partial charge in [-0.1, -0.05) is 0 Å². The van der Waals surface area contributed by atoms with Crippen LogP contribution in [-0.4, -0.2) is 61.1 Å². The molecule has 2 heterocycles. The third-order valence-corrected chi connectivity index (χ3v) is 4.72. The smallest absolute Gasteiger partial charge is 0.326 e. The van der Waals surface area contributed by atoms with E-state index in [1.54, 1.807) is 18.3 Å². The molecule has 1 atom stereocenters. The summed E-state index contributed by atoms with van der Waals surface area (Å²) in [6.45, 7) is 0.370. The molecule has 0 bridgehead atoms. The fraction of sp³-hybridized carbons (Fsp3) is 0.250. The van der Waals surface area contributed by atoms with E-state index in [0.717, 1.165) is 5.69 Å². The summed E-state index contributed by atoms with van der Waals surface area (Å²) in [7, 11) is 1.82. The van der Waals surface area contributed by atoms with Gasteiger partial charge in [0.15, 0.2) is 17.0 Å². The number of anilines is 3. The molecule has 14 heteroatoms. The fourth-order valence-electron chi connectivity index (χ4n) is 3.03. The number of carbonyl (C=O) groups is 3. The van der Waals surface area contributed by atoms with Gasteiger partial charge in [0.2, 0.25) is 5.95 Å². The Balaban J connectivity index is 0.00000408. The van der Waals surface area contributed by atoms with E-state index in [1.165, 1.54) is 12.1 Å². The van der Waals surface area contributed by atoms with Crippen LogP contribution in [-0.2, 0) is 16.1 Å². The number of carboxylic acids is 2. The summed E-state index contributed by atoms with van der Waals surface area (Å²) in [5.41, 5.74) is 13.7. The maximum Gasteiger partial charge on any atom is 0.326 e. The zero-order valence-corrected chi connectivity index (χ0v) is 18.3. The van der Waals surface area contributed by atoms with Crippen molar-refractivity contribution in [3.8, 4) is 0 Å². The van der Waals surface area contributed by atoms with Crippen molar-refractivity contribution < 1.29 is 24.6 Å². The standard InChI is InChI=1S/C20H22N8O5.H3N/c1-28(9-11-8-23-17-15(24-11)16(21)26-20(22)27-17)12-4-2-10(3-5-12)18(31)25-13(19(32)33)6-7-14(29)30;/h2-5,8,13H,6-7,9H2,1H3,(H,25,31)(H,29,30)(H,32,33)(H4,21,22,23,26,27);1H3. The van der Waals surface area contributed by atoms with E-state index >= 15 is 0 Å². The maximum absolute atomic E-state index is 12.4. The summed E-state index contributed by atoms with van der Waals surface area (Å²) < 4.78 is 0. The highest BCUT2D eigenvalue weighted by molar-refractivity contribution is 5.97. The summed E-state index contributed by atoms with van der Waals surface area (Å²) in [6, 6.07) is 5.16. The predicted molar refractivity (Wildman–Crippen MR) is 123 cm³/mol. The molecule has 0 aliphatic rings. The van der Waals surface area contributed by atoms with Crippen LogP contribution in [0, 0.1) is 0 Å². The van der Waals surface area contributed by atoms with E-state index in [9.17, 15) is 19.5 Å². The zero-order chi connectivity index (χ0) is 24.1. The average Bonchev–Trinajstić information content (AvgIpc) is 2.76. The molecule has 3 aromatic rings. The first-order chi connectivity index (χ1) is 15.6. The lowest BCUT2D eigenvalue weighted by Gasteiger charge is -2.19. The number of amides is 1. The maximum atomic E-state index is 12.4. The molecule has 1 amide bonds. The number of carbonyl (C=O) groups excluding carboxylic acids is 1. The van der Waals surface area contributed by atoms with Gasteiger partial charge in [-0.15, -0.1) is 0 Å². The van der Waals surface area contributed by atoms with Crippen molar-refractivity contribution in [3.05, 3.63) is 41.7 Å². The number of nitrogens with one attached hydrogen (secondary N) is 1. The van der Waals surface area contributed by atoms with Crippen molar-refractivity contribution in [3.63, 3.8) is 0 Å². The minimum Gasteiger partial charge on any atom is -0.481 e. The van der Waals surface area contributed by atoms with Crippen molar-refractivity contribution in [1.29, 1.82) is 0 Å². The number of nitrogen functional groups attached to an aromatic ring is 2. The number of aliphatic carboxylic acids is 2. The predicted octanol–water partition coefficient (Wildman–Crippen LogP) is 0.430. The Morgan fingerprint density at radius 2 is 1.76 bits per heavy atom. The van der Waals surface area contributed by atoms with Crippen LogP contribution in [0.2, 0.25) is 0 Å². The number of benzene rings is 1. The fourth-order valence-corrected chi connectivity index (χ4v) is 3.03. The largest absolute Gasteiger partial charge is 0.481 e. The average molecular weight is 471 g/mol. The lowest BCUT2D eigenvalue weighted by molar-refractivity contribution is -0.140. The Morgan fingerprint density at radius 3 is 2.38 bits per heavy atom. The topological polar surface area (TPSA) is 246 Å². The highest BCUT2D eigenvalue weighted by Gasteiger charge is 2.21. The summed E-state index contributed by atoms with van der Waals surface area (Å²) in [5, 5.41) is 20.2. The van der Waals surface area contributed by atoms with Crippen LogP contribution in [0.1, 0.15) is 28.9 Å². The van der Waals surface area contributed by atoms with Crippen LogP contribution >= 0.6 is 0 Å². The Labute approximate surface area is 193 Å². The molecule has 180 valence electrons. The van der Waals surface area contributed by atoms with Crippen LogP contribution in [0.5, 0.6) is 0 Å². The van der Waals surface area contributed by atoms with Gasteiger partial charge in [0.05, 0.1) is 18.4 Å². The highest BCUT2D eigenvalue weighted by atomic mass is 16.4. The Kier molecular flexibility index (Phi) is 8.17. The summed E-state index contributed by atoms with van der Waals surface area (Å²) in [6.07, 6.45) is 0.964. The number of carboxylic acid groups (broad SMARTS) is 2. The molecule has 1 unspecified atom stereocenters. The molecule has 0 aliphatic carbocycles. The Hall–Kier alpha value is -4.59. The lowest BCUT2D eigenvalue weighted by atomic mass is 10.1. The van der Waals surface area contributed by atoms with Gasteiger partial charge >= 0.3 is 11.9 Å². The molecule has 1 aromatic carbocycles. The van der Waals surface area contributed by atoms with Crippen molar-refractivity contribution in [2.24, 2.45) is 0 Å². The highest BCUT2D eigenvalue weighted by Crippen LogP contribution is 2.19. The first-order valence-electron chi connectivity index (χ1n) is 9.75. The SMILES string of the molecule is CN(Cc1cnc2nc(N)nc(N)c2n1)c1ccc(C(=O)NC(CCC(=O)O)C(=O)O)cc1.N. The third kappa shape index (κ3) is 6.23.